The molecule has 0 spiro atoms. The Bertz CT molecular complexity index is 952. The number of methoxy groups -OCH3 is 1. The molecule has 1 amide bonds. The molecule has 0 aliphatic rings. The largest absolute Gasteiger partial charge is 0.487 e. The molecule has 0 unspecified atom stereocenters. The van der Waals surface area contributed by atoms with Crippen LogP contribution in [-0.2, 0) is 17.9 Å². The maximum Gasteiger partial charge on any atom is 0.244 e. The smallest absolute Gasteiger partial charge is 0.244 e. The number of rotatable bonds is 8. The highest BCUT2D eigenvalue weighted by molar-refractivity contribution is 7.09. The first-order chi connectivity index (χ1) is 13.6. The topological polar surface area (TPSA) is 73.3 Å². The molecule has 3 rings (SSSR count). The Kier molecular flexibility index (Phi) is 6.75. The van der Waals surface area contributed by atoms with E-state index in [2.05, 4.69) is 15.3 Å². The molecule has 0 bridgehead atoms. The highest BCUT2D eigenvalue weighted by Crippen LogP contribution is 2.17. The van der Waals surface area contributed by atoms with Crippen LogP contribution in [-0.4, -0.2) is 23.0 Å². The lowest BCUT2D eigenvalue weighted by molar-refractivity contribution is -0.116. The lowest BCUT2D eigenvalue weighted by Crippen LogP contribution is -2.20. The number of nitrogens with zero attached hydrogens (tertiary/aromatic N) is 2. The van der Waals surface area contributed by atoms with Crippen molar-refractivity contribution in [2.45, 2.75) is 20.1 Å². The number of hydrogen-bond acceptors (Lipinski definition) is 6. The second-order valence-corrected chi connectivity index (χ2v) is 7.04. The Labute approximate surface area is 167 Å². The Morgan fingerprint density at radius 2 is 2.18 bits per heavy atom. The van der Waals surface area contributed by atoms with E-state index >= 15 is 0 Å². The van der Waals surface area contributed by atoms with Gasteiger partial charge >= 0.3 is 0 Å². The van der Waals surface area contributed by atoms with Crippen LogP contribution >= 0.6 is 11.3 Å². The summed E-state index contributed by atoms with van der Waals surface area (Å²) in [4.78, 5) is 20.5. The first-order valence-corrected chi connectivity index (χ1v) is 9.59. The molecule has 6 nitrogen and oxygen atoms in total. The summed E-state index contributed by atoms with van der Waals surface area (Å²) >= 11 is 1.60. The normalized spacial score (nSPS) is 10.8. The molecule has 0 radical (unpaired) electrons. The number of carbonyl (C=O) groups is 1. The van der Waals surface area contributed by atoms with Crippen molar-refractivity contribution in [1.82, 2.24) is 15.3 Å². The van der Waals surface area contributed by atoms with Crippen LogP contribution < -0.4 is 14.8 Å². The summed E-state index contributed by atoms with van der Waals surface area (Å²) in [6.07, 6.45) is 4.93. The molecule has 7 heteroatoms. The van der Waals surface area contributed by atoms with Gasteiger partial charge in [-0.25, -0.2) is 9.97 Å². The average Bonchev–Trinajstić information content (AvgIpc) is 3.15. The van der Waals surface area contributed by atoms with E-state index in [1.165, 1.54) is 6.08 Å². The minimum atomic E-state index is -0.180. The van der Waals surface area contributed by atoms with E-state index in [-0.39, 0.29) is 5.91 Å². The van der Waals surface area contributed by atoms with Crippen molar-refractivity contribution in [3.63, 3.8) is 0 Å². The molecule has 1 N–H and O–H groups in total. The van der Waals surface area contributed by atoms with E-state index in [1.807, 2.05) is 42.6 Å². The van der Waals surface area contributed by atoms with Gasteiger partial charge < -0.3 is 14.8 Å². The maximum atomic E-state index is 12.0. The third-order valence-electron chi connectivity index (χ3n) is 3.81. The van der Waals surface area contributed by atoms with Crippen molar-refractivity contribution in [3.8, 4) is 11.6 Å². The molecule has 0 fully saturated rings. The summed E-state index contributed by atoms with van der Waals surface area (Å²) in [5.74, 6) is 1.10. The average molecular weight is 395 g/mol. The molecule has 1 aromatic carbocycles. The van der Waals surface area contributed by atoms with E-state index in [1.54, 1.807) is 36.8 Å². The van der Waals surface area contributed by atoms with Gasteiger partial charge in [-0.15, -0.1) is 11.3 Å². The van der Waals surface area contributed by atoms with E-state index < -0.39 is 0 Å². The van der Waals surface area contributed by atoms with Crippen LogP contribution in [0.1, 0.15) is 21.8 Å². The van der Waals surface area contributed by atoms with E-state index in [9.17, 15) is 4.79 Å². The summed E-state index contributed by atoms with van der Waals surface area (Å²) in [5.41, 5.74) is 2.69. The van der Waals surface area contributed by atoms with Crippen LogP contribution in [0.5, 0.6) is 11.6 Å². The zero-order valence-electron chi connectivity index (χ0n) is 15.7. The molecule has 0 atom stereocenters. The van der Waals surface area contributed by atoms with Crippen molar-refractivity contribution in [3.05, 3.63) is 75.9 Å². The Morgan fingerprint density at radius 3 is 2.89 bits per heavy atom. The monoisotopic (exact) mass is 395 g/mol. The van der Waals surface area contributed by atoms with Crippen molar-refractivity contribution >= 4 is 23.3 Å². The zero-order valence-corrected chi connectivity index (χ0v) is 16.5. The number of benzene rings is 1. The van der Waals surface area contributed by atoms with E-state index in [0.717, 1.165) is 27.6 Å². The van der Waals surface area contributed by atoms with Crippen molar-refractivity contribution in [1.29, 1.82) is 0 Å². The number of pyridine rings is 1. The van der Waals surface area contributed by atoms with Gasteiger partial charge in [0.1, 0.15) is 12.4 Å². The van der Waals surface area contributed by atoms with Gasteiger partial charge in [-0.3, -0.25) is 4.79 Å². The molecular weight excluding hydrogens is 374 g/mol. The highest BCUT2D eigenvalue weighted by atomic mass is 32.1. The third-order valence-corrected chi connectivity index (χ3v) is 4.63. The summed E-state index contributed by atoms with van der Waals surface area (Å²) in [5, 5.41) is 5.83. The van der Waals surface area contributed by atoms with E-state index in [0.29, 0.717) is 19.0 Å². The Morgan fingerprint density at radius 1 is 1.29 bits per heavy atom. The lowest BCUT2D eigenvalue weighted by atomic mass is 10.2. The van der Waals surface area contributed by atoms with Gasteiger partial charge in [-0.05, 0) is 36.3 Å². The molecule has 0 aliphatic heterocycles. The Hall–Kier alpha value is -3.19. The van der Waals surface area contributed by atoms with Crippen LogP contribution in [0.25, 0.3) is 6.08 Å². The highest BCUT2D eigenvalue weighted by Gasteiger charge is 2.02. The molecule has 2 aromatic heterocycles. The zero-order chi connectivity index (χ0) is 19.8. The standard InChI is InChI=1S/C21H21N3O3S/c1-15-24-18(14-28-15)13-27-19-5-3-4-16(10-19)6-8-20(25)22-11-17-7-9-21(26-2)23-12-17/h3-10,12,14H,11,13H2,1-2H3,(H,22,25)/b8-6+. The maximum absolute atomic E-state index is 12.0. The molecule has 0 saturated heterocycles. The van der Waals surface area contributed by atoms with Crippen molar-refractivity contribution in [2.75, 3.05) is 7.11 Å². The lowest BCUT2D eigenvalue weighted by Gasteiger charge is -2.05. The fourth-order valence-electron chi connectivity index (χ4n) is 2.40. The van der Waals surface area contributed by atoms with Gasteiger partial charge in [0.05, 0.1) is 17.8 Å². The second kappa shape index (κ2) is 9.66. The van der Waals surface area contributed by atoms with Crippen LogP contribution in [0, 0.1) is 6.92 Å². The number of carbonyl (C=O) groups excluding carboxylic acids is 1. The van der Waals surface area contributed by atoms with Gasteiger partial charge in [0.15, 0.2) is 0 Å². The predicted molar refractivity (Wildman–Crippen MR) is 109 cm³/mol. The minimum absolute atomic E-state index is 0.180. The van der Waals surface area contributed by atoms with Crippen LogP contribution in [0.3, 0.4) is 0 Å². The molecule has 28 heavy (non-hydrogen) atoms. The first-order valence-electron chi connectivity index (χ1n) is 8.71. The first kappa shape index (κ1) is 19.6. The molecule has 2 heterocycles. The van der Waals surface area contributed by atoms with Crippen LogP contribution in [0.4, 0.5) is 0 Å². The number of hydrogen-bond donors (Lipinski definition) is 1. The number of ether oxygens (including phenoxy) is 2. The van der Waals surface area contributed by atoms with Gasteiger partial charge in [0, 0.05) is 30.3 Å². The quantitative estimate of drug-likeness (QED) is 0.588. The number of aromatic nitrogens is 2. The SMILES string of the molecule is COc1ccc(CNC(=O)/C=C/c2cccc(OCc3csc(C)n3)c2)cn1. The fourth-order valence-corrected chi connectivity index (χ4v) is 2.99. The number of amides is 1. The molecule has 3 aromatic rings. The van der Waals surface area contributed by atoms with Gasteiger partial charge in [-0.2, -0.15) is 0 Å². The fraction of sp³-hybridized carbons (Fsp3) is 0.190. The predicted octanol–water partition coefficient (Wildman–Crippen LogP) is 3.76. The summed E-state index contributed by atoms with van der Waals surface area (Å²) < 4.78 is 10.8. The third kappa shape index (κ3) is 5.92. The van der Waals surface area contributed by atoms with Gasteiger partial charge in [0.2, 0.25) is 11.8 Å². The van der Waals surface area contributed by atoms with Crippen LogP contribution in [0.15, 0.2) is 54.1 Å². The van der Waals surface area contributed by atoms with Crippen LogP contribution in [0.2, 0.25) is 0 Å². The summed E-state index contributed by atoms with van der Waals surface area (Å²) in [7, 11) is 1.56. The molecule has 0 saturated carbocycles. The van der Waals surface area contributed by atoms with Gasteiger partial charge in [0.25, 0.3) is 0 Å². The second-order valence-electron chi connectivity index (χ2n) is 5.98. The summed E-state index contributed by atoms with van der Waals surface area (Å²) in [6.45, 7) is 2.79. The molecule has 0 aliphatic carbocycles. The van der Waals surface area contributed by atoms with Crippen molar-refractivity contribution < 1.29 is 14.3 Å². The molecular formula is C21H21N3O3S. The van der Waals surface area contributed by atoms with E-state index in [4.69, 9.17) is 9.47 Å². The number of aryl methyl sites for hydroxylation is 1. The number of nitrogens with one attached hydrogen (secondary N) is 1. The van der Waals surface area contributed by atoms with Crippen molar-refractivity contribution in [2.24, 2.45) is 0 Å². The Balaban J connectivity index is 1.50. The summed E-state index contributed by atoms with van der Waals surface area (Å²) in [6, 6.07) is 11.2. The number of thiazole rings is 1. The minimum Gasteiger partial charge on any atom is -0.487 e. The molecule has 144 valence electrons. The van der Waals surface area contributed by atoms with Gasteiger partial charge in [-0.1, -0.05) is 18.2 Å².